The Morgan fingerprint density at radius 1 is 1.42 bits per heavy atom. The van der Waals surface area contributed by atoms with E-state index in [0.29, 0.717) is 18.2 Å². The number of carbonyl (C=O) groups is 1. The first-order valence-electron chi connectivity index (χ1n) is 5.94. The SMILES string of the molecule is CC(C)CN(CC(N)=O)c1ccc(C(N)=S)c(F)c1. The average molecular weight is 283 g/mol. The van der Waals surface area contributed by atoms with Gasteiger partial charge < -0.3 is 16.4 Å². The maximum atomic E-state index is 13.8. The van der Waals surface area contributed by atoms with Crippen LogP contribution >= 0.6 is 12.2 Å². The summed E-state index contributed by atoms with van der Waals surface area (Å²) in [6.45, 7) is 4.67. The van der Waals surface area contributed by atoms with Crippen molar-refractivity contribution in [1.29, 1.82) is 0 Å². The minimum Gasteiger partial charge on any atom is -0.389 e. The molecular weight excluding hydrogens is 265 g/mol. The lowest BCUT2D eigenvalue weighted by Gasteiger charge is -2.25. The van der Waals surface area contributed by atoms with Crippen molar-refractivity contribution in [3.8, 4) is 0 Å². The van der Waals surface area contributed by atoms with Crippen molar-refractivity contribution < 1.29 is 9.18 Å². The van der Waals surface area contributed by atoms with E-state index in [9.17, 15) is 9.18 Å². The Labute approximate surface area is 117 Å². The molecule has 0 saturated heterocycles. The van der Waals surface area contributed by atoms with Crippen LogP contribution in [0.3, 0.4) is 0 Å². The molecule has 0 spiro atoms. The first-order chi connectivity index (χ1) is 8.81. The summed E-state index contributed by atoms with van der Waals surface area (Å²) in [5.41, 5.74) is 11.4. The van der Waals surface area contributed by atoms with Gasteiger partial charge in [-0.25, -0.2) is 4.39 Å². The number of hydrogen-bond acceptors (Lipinski definition) is 3. The topological polar surface area (TPSA) is 72.3 Å². The van der Waals surface area contributed by atoms with Crippen LogP contribution in [0.25, 0.3) is 0 Å². The Morgan fingerprint density at radius 2 is 2.05 bits per heavy atom. The van der Waals surface area contributed by atoms with Gasteiger partial charge in [-0.3, -0.25) is 4.79 Å². The Kier molecular flexibility index (Phi) is 5.23. The number of amides is 1. The third-order valence-electron chi connectivity index (χ3n) is 2.52. The highest BCUT2D eigenvalue weighted by Gasteiger charge is 2.14. The minimum atomic E-state index is -0.497. The molecule has 0 heterocycles. The summed E-state index contributed by atoms with van der Waals surface area (Å²) in [6.07, 6.45) is 0. The number of rotatable bonds is 6. The molecule has 1 aromatic rings. The third kappa shape index (κ3) is 4.48. The van der Waals surface area contributed by atoms with E-state index in [1.807, 2.05) is 13.8 Å². The second kappa shape index (κ2) is 6.47. The Balaban J connectivity index is 3.05. The van der Waals surface area contributed by atoms with Gasteiger partial charge in [0.1, 0.15) is 10.8 Å². The molecule has 0 radical (unpaired) electrons. The summed E-state index contributed by atoms with van der Waals surface area (Å²) < 4.78 is 13.8. The molecule has 0 aromatic heterocycles. The molecule has 19 heavy (non-hydrogen) atoms. The van der Waals surface area contributed by atoms with Gasteiger partial charge in [0, 0.05) is 17.8 Å². The minimum absolute atomic E-state index is 0.00867. The molecule has 6 heteroatoms. The van der Waals surface area contributed by atoms with Crippen molar-refractivity contribution in [3.63, 3.8) is 0 Å². The highest BCUT2D eigenvalue weighted by atomic mass is 32.1. The Hall–Kier alpha value is -1.69. The second-order valence-electron chi connectivity index (χ2n) is 4.77. The van der Waals surface area contributed by atoms with Crippen LogP contribution in [0.1, 0.15) is 19.4 Å². The lowest BCUT2D eigenvalue weighted by atomic mass is 10.1. The number of thiocarbonyl (C=S) groups is 1. The van der Waals surface area contributed by atoms with Gasteiger partial charge in [0.25, 0.3) is 0 Å². The maximum Gasteiger partial charge on any atom is 0.236 e. The molecule has 4 nitrogen and oxygen atoms in total. The number of benzene rings is 1. The van der Waals surface area contributed by atoms with E-state index in [1.165, 1.54) is 12.1 Å². The zero-order valence-electron chi connectivity index (χ0n) is 11.0. The van der Waals surface area contributed by atoms with Gasteiger partial charge in [-0.2, -0.15) is 0 Å². The molecule has 1 rings (SSSR count). The van der Waals surface area contributed by atoms with Crippen LogP contribution in [0.4, 0.5) is 10.1 Å². The molecule has 0 saturated carbocycles. The van der Waals surface area contributed by atoms with E-state index in [2.05, 4.69) is 0 Å². The van der Waals surface area contributed by atoms with Gasteiger partial charge in [0.15, 0.2) is 0 Å². The predicted octanol–water partition coefficient (Wildman–Crippen LogP) is 1.41. The van der Waals surface area contributed by atoms with Gasteiger partial charge in [-0.1, -0.05) is 26.1 Å². The van der Waals surface area contributed by atoms with Crippen LogP contribution in [-0.4, -0.2) is 24.0 Å². The van der Waals surface area contributed by atoms with Crippen LogP contribution < -0.4 is 16.4 Å². The van der Waals surface area contributed by atoms with Crippen LogP contribution in [0, 0.1) is 11.7 Å². The van der Waals surface area contributed by atoms with E-state index < -0.39 is 11.7 Å². The molecule has 1 amide bonds. The molecule has 0 aliphatic carbocycles. The zero-order chi connectivity index (χ0) is 14.6. The van der Waals surface area contributed by atoms with Gasteiger partial charge in [0.05, 0.1) is 6.54 Å². The standard InChI is InChI=1S/C13H18FN3OS/c1-8(2)6-17(7-12(15)18)9-3-4-10(13(16)19)11(14)5-9/h3-5,8H,6-7H2,1-2H3,(H2,15,18)(H2,16,19). The van der Waals surface area contributed by atoms with Crippen molar-refractivity contribution in [2.24, 2.45) is 17.4 Å². The lowest BCUT2D eigenvalue weighted by molar-refractivity contribution is -0.116. The summed E-state index contributed by atoms with van der Waals surface area (Å²) in [5.74, 6) is -0.639. The van der Waals surface area contributed by atoms with Crippen LogP contribution in [0.15, 0.2) is 18.2 Å². The van der Waals surface area contributed by atoms with E-state index >= 15 is 0 Å². The number of hydrogen-bond donors (Lipinski definition) is 2. The van der Waals surface area contributed by atoms with E-state index in [0.717, 1.165) is 0 Å². The van der Waals surface area contributed by atoms with Crippen LogP contribution in [0.2, 0.25) is 0 Å². The number of primary amides is 1. The number of nitrogens with two attached hydrogens (primary N) is 2. The fraction of sp³-hybridized carbons (Fsp3) is 0.385. The second-order valence-corrected chi connectivity index (χ2v) is 5.21. The molecule has 0 aliphatic rings. The Morgan fingerprint density at radius 3 is 2.47 bits per heavy atom. The smallest absolute Gasteiger partial charge is 0.236 e. The van der Waals surface area contributed by atoms with Crippen molar-refractivity contribution in [1.82, 2.24) is 0 Å². The van der Waals surface area contributed by atoms with Crippen molar-refractivity contribution in [2.45, 2.75) is 13.8 Å². The van der Waals surface area contributed by atoms with Crippen LogP contribution in [-0.2, 0) is 4.79 Å². The lowest BCUT2D eigenvalue weighted by Crippen LogP contribution is -2.36. The average Bonchev–Trinajstić information content (AvgIpc) is 2.26. The third-order valence-corrected chi connectivity index (χ3v) is 2.74. The highest BCUT2D eigenvalue weighted by Crippen LogP contribution is 2.19. The van der Waals surface area contributed by atoms with E-state index in [4.69, 9.17) is 23.7 Å². The predicted molar refractivity (Wildman–Crippen MR) is 78.5 cm³/mol. The normalized spacial score (nSPS) is 10.5. The highest BCUT2D eigenvalue weighted by molar-refractivity contribution is 7.80. The summed E-state index contributed by atoms with van der Waals surface area (Å²) in [7, 11) is 0. The molecule has 0 unspecified atom stereocenters. The number of nitrogens with zero attached hydrogens (tertiary/aromatic N) is 1. The van der Waals surface area contributed by atoms with Gasteiger partial charge >= 0.3 is 0 Å². The summed E-state index contributed by atoms with van der Waals surface area (Å²) in [4.78, 5) is 12.8. The maximum absolute atomic E-state index is 13.8. The fourth-order valence-corrected chi connectivity index (χ4v) is 1.96. The first-order valence-corrected chi connectivity index (χ1v) is 6.34. The molecule has 1 aromatic carbocycles. The molecule has 104 valence electrons. The van der Waals surface area contributed by atoms with Gasteiger partial charge in [-0.05, 0) is 24.1 Å². The largest absolute Gasteiger partial charge is 0.389 e. The fourth-order valence-electron chi connectivity index (χ4n) is 1.79. The van der Waals surface area contributed by atoms with Crippen molar-refractivity contribution in [3.05, 3.63) is 29.6 Å². The monoisotopic (exact) mass is 283 g/mol. The van der Waals surface area contributed by atoms with E-state index in [1.54, 1.807) is 11.0 Å². The number of halogens is 1. The molecule has 4 N–H and O–H groups in total. The number of anilines is 1. The molecule has 0 aliphatic heterocycles. The quantitative estimate of drug-likeness (QED) is 0.774. The summed E-state index contributed by atoms with van der Waals surface area (Å²) in [6, 6.07) is 4.52. The first kappa shape index (κ1) is 15.4. The number of carbonyl (C=O) groups excluding carboxylic acids is 1. The van der Waals surface area contributed by atoms with Gasteiger partial charge in [-0.15, -0.1) is 0 Å². The summed E-state index contributed by atoms with van der Waals surface area (Å²) >= 11 is 4.75. The van der Waals surface area contributed by atoms with Crippen molar-refractivity contribution in [2.75, 3.05) is 18.0 Å². The van der Waals surface area contributed by atoms with E-state index in [-0.39, 0.29) is 17.1 Å². The Bertz CT molecular complexity index is 491. The van der Waals surface area contributed by atoms with Gasteiger partial charge in [0.2, 0.25) is 5.91 Å². The molecule has 0 bridgehead atoms. The molecule has 0 fully saturated rings. The summed E-state index contributed by atoms with van der Waals surface area (Å²) in [5, 5.41) is 0. The zero-order valence-corrected chi connectivity index (χ0v) is 11.8. The molecular formula is C13H18FN3OS. The van der Waals surface area contributed by atoms with Crippen molar-refractivity contribution >= 4 is 28.8 Å². The van der Waals surface area contributed by atoms with Crippen LogP contribution in [0.5, 0.6) is 0 Å². The molecule has 0 atom stereocenters.